The van der Waals surface area contributed by atoms with Crippen LogP contribution in [-0.4, -0.2) is 0 Å². The number of nitrogens with one attached hydrogen (secondary N) is 1. The zero-order valence-corrected chi connectivity index (χ0v) is 12.9. The summed E-state index contributed by atoms with van der Waals surface area (Å²) in [6, 6.07) is 15.6. The standard InChI is InChI=1S/C17H16ClN.ClH/c1-17-10-11-6-7-13(18)8-12(11)9-16(19-17)14-4-2-3-5-15(14)17;/h2-8,16,19H,9-10H2,1H3;1H. The van der Waals surface area contributed by atoms with Gasteiger partial charge in [0.05, 0.1) is 0 Å². The van der Waals surface area contributed by atoms with Crippen molar-refractivity contribution in [3.05, 3.63) is 69.7 Å². The molecule has 0 amide bonds. The molecule has 2 aromatic rings. The van der Waals surface area contributed by atoms with Crippen LogP contribution in [0.25, 0.3) is 0 Å². The molecule has 1 nitrogen and oxygen atoms in total. The molecule has 2 aliphatic rings. The number of halogens is 2. The molecule has 4 rings (SSSR count). The largest absolute Gasteiger partial charge is 0.300 e. The maximum absolute atomic E-state index is 6.15. The summed E-state index contributed by atoms with van der Waals surface area (Å²) in [4.78, 5) is 0. The highest BCUT2D eigenvalue weighted by molar-refractivity contribution is 6.30. The second-order valence-electron chi connectivity index (χ2n) is 5.91. The predicted molar refractivity (Wildman–Crippen MR) is 85.8 cm³/mol. The highest BCUT2D eigenvalue weighted by Gasteiger charge is 2.41. The highest BCUT2D eigenvalue weighted by Crippen LogP contribution is 2.44. The van der Waals surface area contributed by atoms with Crippen LogP contribution >= 0.6 is 24.0 Å². The van der Waals surface area contributed by atoms with Gasteiger partial charge in [-0.25, -0.2) is 0 Å². The Morgan fingerprint density at radius 3 is 2.80 bits per heavy atom. The maximum Gasteiger partial charge on any atom is 0.0455 e. The Hall–Kier alpha value is -1.02. The molecule has 0 aromatic heterocycles. The molecule has 0 radical (unpaired) electrons. The summed E-state index contributed by atoms with van der Waals surface area (Å²) in [5.41, 5.74) is 5.79. The first-order valence-electron chi connectivity index (χ1n) is 6.80. The molecule has 0 spiro atoms. The molecule has 0 fully saturated rings. The summed E-state index contributed by atoms with van der Waals surface area (Å²) in [7, 11) is 0. The van der Waals surface area contributed by atoms with E-state index < -0.39 is 0 Å². The van der Waals surface area contributed by atoms with E-state index in [0.717, 1.165) is 17.9 Å². The molecule has 2 unspecified atom stereocenters. The van der Waals surface area contributed by atoms with Crippen LogP contribution < -0.4 is 5.32 Å². The maximum atomic E-state index is 6.15. The molecular formula is C17H17Cl2N. The first-order valence-corrected chi connectivity index (χ1v) is 7.18. The van der Waals surface area contributed by atoms with Crippen molar-refractivity contribution in [3.8, 4) is 0 Å². The molecule has 20 heavy (non-hydrogen) atoms. The molecule has 2 atom stereocenters. The summed E-state index contributed by atoms with van der Waals surface area (Å²) in [5.74, 6) is 0. The second kappa shape index (κ2) is 4.77. The van der Waals surface area contributed by atoms with Crippen LogP contribution in [0.4, 0.5) is 0 Å². The van der Waals surface area contributed by atoms with Crippen LogP contribution in [0, 0.1) is 0 Å². The smallest absolute Gasteiger partial charge is 0.0455 e. The quantitative estimate of drug-likeness (QED) is 0.760. The number of benzene rings is 2. The lowest BCUT2D eigenvalue weighted by Gasteiger charge is -2.26. The number of fused-ring (bicyclic) bond motifs is 6. The lowest BCUT2D eigenvalue weighted by Crippen LogP contribution is -2.36. The fourth-order valence-electron chi connectivity index (χ4n) is 3.71. The zero-order valence-electron chi connectivity index (χ0n) is 11.3. The molecule has 3 heteroatoms. The lowest BCUT2D eigenvalue weighted by atomic mass is 9.82. The van der Waals surface area contributed by atoms with Crippen molar-refractivity contribution in [2.45, 2.75) is 31.3 Å². The summed E-state index contributed by atoms with van der Waals surface area (Å²) in [6.45, 7) is 2.32. The van der Waals surface area contributed by atoms with Crippen molar-refractivity contribution < 1.29 is 0 Å². The van der Waals surface area contributed by atoms with Gasteiger partial charge < -0.3 is 5.32 Å². The lowest BCUT2D eigenvalue weighted by molar-refractivity contribution is 0.368. The van der Waals surface area contributed by atoms with Crippen LogP contribution in [0.1, 0.15) is 35.2 Å². The summed E-state index contributed by atoms with van der Waals surface area (Å²) in [6.07, 6.45) is 2.06. The van der Waals surface area contributed by atoms with Gasteiger partial charge in [0.2, 0.25) is 0 Å². The third-order valence-corrected chi connectivity index (χ3v) is 4.79. The van der Waals surface area contributed by atoms with Crippen molar-refractivity contribution in [3.63, 3.8) is 0 Å². The van der Waals surface area contributed by atoms with E-state index in [1.165, 1.54) is 22.3 Å². The molecule has 0 saturated carbocycles. The first kappa shape index (κ1) is 13.9. The Kier molecular flexibility index (Phi) is 3.32. The average Bonchev–Trinajstić information content (AvgIpc) is 2.57. The molecule has 2 bridgehead atoms. The monoisotopic (exact) mass is 305 g/mol. The normalized spacial score (nSPS) is 26.2. The zero-order chi connectivity index (χ0) is 13.0. The molecule has 2 heterocycles. The van der Waals surface area contributed by atoms with Crippen molar-refractivity contribution in [1.82, 2.24) is 5.32 Å². The van der Waals surface area contributed by atoms with Gasteiger partial charge in [0.25, 0.3) is 0 Å². The fourth-order valence-corrected chi connectivity index (χ4v) is 3.90. The van der Waals surface area contributed by atoms with Crippen LogP contribution in [-0.2, 0) is 18.4 Å². The highest BCUT2D eigenvalue weighted by atomic mass is 35.5. The third-order valence-electron chi connectivity index (χ3n) is 4.56. The van der Waals surface area contributed by atoms with E-state index >= 15 is 0 Å². The molecule has 2 aliphatic heterocycles. The molecule has 0 saturated heterocycles. The van der Waals surface area contributed by atoms with Gasteiger partial charge in [-0.05, 0) is 54.2 Å². The van der Waals surface area contributed by atoms with Gasteiger partial charge in [-0.15, -0.1) is 12.4 Å². The Balaban J connectivity index is 0.00000121. The molecule has 104 valence electrons. The van der Waals surface area contributed by atoms with Crippen molar-refractivity contribution in [1.29, 1.82) is 0 Å². The Labute approximate surface area is 130 Å². The fraction of sp³-hybridized carbons (Fsp3) is 0.294. The van der Waals surface area contributed by atoms with Crippen molar-refractivity contribution in [2.75, 3.05) is 0 Å². The van der Waals surface area contributed by atoms with Crippen LogP contribution in [0.15, 0.2) is 42.5 Å². The molecule has 1 N–H and O–H groups in total. The van der Waals surface area contributed by atoms with E-state index in [9.17, 15) is 0 Å². The van der Waals surface area contributed by atoms with Gasteiger partial charge in [-0.3, -0.25) is 0 Å². The second-order valence-corrected chi connectivity index (χ2v) is 6.35. The van der Waals surface area contributed by atoms with Crippen LogP contribution in [0.2, 0.25) is 5.02 Å². The van der Waals surface area contributed by atoms with E-state index in [4.69, 9.17) is 11.6 Å². The van der Waals surface area contributed by atoms with E-state index in [2.05, 4.69) is 48.6 Å². The van der Waals surface area contributed by atoms with Gasteiger partial charge >= 0.3 is 0 Å². The number of hydrogen-bond donors (Lipinski definition) is 1. The molecular weight excluding hydrogens is 289 g/mol. The predicted octanol–water partition coefficient (Wildman–Crippen LogP) is 4.42. The topological polar surface area (TPSA) is 12.0 Å². The minimum atomic E-state index is 0. The number of hydrogen-bond acceptors (Lipinski definition) is 1. The van der Waals surface area contributed by atoms with E-state index in [1.807, 2.05) is 6.07 Å². The van der Waals surface area contributed by atoms with Gasteiger partial charge in [-0.1, -0.05) is 41.9 Å². The van der Waals surface area contributed by atoms with Crippen LogP contribution in [0.5, 0.6) is 0 Å². The summed E-state index contributed by atoms with van der Waals surface area (Å²) >= 11 is 6.15. The SMILES string of the molecule is CC12Cc3ccc(Cl)cc3CC(N1)c1ccccc12.Cl. The van der Waals surface area contributed by atoms with Crippen molar-refractivity contribution in [2.24, 2.45) is 0 Å². The van der Waals surface area contributed by atoms with Gasteiger partial charge in [0.1, 0.15) is 0 Å². The van der Waals surface area contributed by atoms with Gasteiger partial charge in [-0.2, -0.15) is 0 Å². The summed E-state index contributed by atoms with van der Waals surface area (Å²) < 4.78 is 0. The van der Waals surface area contributed by atoms with E-state index in [-0.39, 0.29) is 17.9 Å². The van der Waals surface area contributed by atoms with Crippen molar-refractivity contribution >= 4 is 24.0 Å². The minimum absolute atomic E-state index is 0. The van der Waals surface area contributed by atoms with E-state index in [0.29, 0.717) is 6.04 Å². The Morgan fingerprint density at radius 1 is 1.15 bits per heavy atom. The van der Waals surface area contributed by atoms with Gasteiger partial charge in [0, 0.05) is 16.6 Å². The van der Waals surface area contributed by atoms with E-state index in [1.54, 1.807) is 0 Å². The first-order chi connectivity index (χ1) is 9.16. The average molecular weight is 306 g/mol. The molecule has 0 aliphatic carbocycles. The minimum Gasteiger partial charge on any atom is -0.300 e. The Morgan fingerprint density at radius 2 is 1.95 bits per heavy atom. The Bertz CT molecular complexity index is 668. The van der Waals surface area contributed by atoms with Crippen LogP contribution in [0.3, 0.4) is 0 Å². The third kappa shape index (κ3) is 1.96. The molecule has 2 aromatic carbocycles. The number of rotatable bonds is 0. The summed E-state index contributed by atoms with van der Waals surface area (Å²) in [5, 5.41) is 4.66. The van der Waals surface area contributed by atoms with Gasteiger partial charge in [0.15, 0.2) is 0 Å².